The molecule has 0 aliphatic heterocycles. The van der Waals surface area contributed by atoms with Crippen LogP contribution in [0.5, 0.6) is 0 Å². The quantitative estimate of drug-likeness (QED) is 0.854. The van der Waals surface area contributed by atoms with E-state index in [9.17, 15) is 18.0 Å². The average molecular weight is 294 g/mol. The predicted octanol–water partition coefficient (Wildman–Crippen LogP) is 3.22. The molecular weight excluding hydrogens is 281 g/mol. The summed E-state index contributed by atoms with van der Waals surface area (Å²) >= 11 is 0. The van der Waals surface area contributed by atoms with E-state index in [1.807, 2.05) is 0 Å². The number of hydrogen-bond acceptors (Lipinski definition) is 2. The van der Waals surface area contributed by atoms with Crippen LogP contribution in [-0.4, -0.2) is 5.91 Å². The van der Waals surface area contributed by atoms with Gasteiger partial charge in [-0.3, -0.25) is 4.79 Å². The summed E-state index contributed by atoms with van der Waals surface area (Å²) in [5, 5.41) is 2.61. The van der Waals surface area contributed by atoms with Gasteiger partial charge in [0.15, 0.2) is 0 Å². The summed E-state index contributed by atoms with van der Waals surface area (Å²) in [6.07, 6.45) is -4.36. The van der Waals surface area contributed by atoms with Crippen LogP contribution in [-0.2, 0) is 12.7 Å². The molecule has 3 N–H and O–H groups in total. The molecule has 0 saturated heterocycles. The van der Waals surface area contributed by atoms with Crippen molar-refractivity contribution in [2.75, 3.05) is 5.73 Å². The Morgan fingerprint density at radius 1 is 1.05 bits per heavy atom. The van der Waals surface area contributed by atoms with Gasteiger partial charge in [0.1, 0.15) is 0 Å². The molecule has 21 heavy (non-hydrogen) atoms. The van der Waals surface area contributed by atoms with E-state index in [2.05, 4.69) is 5.32 Å². The Bertz CT molecular complexity index is 636. The first kappa shape index (κ1) is 14.9. The SMILES string of the molecule is Nc1ccccc1C(=O)NCc1ccc(C(F)(F)F)cc1. The number of nitrogens with one attached hydrogen (secondary N) is 1. The molecule has 0 heterocycles. The van der Waals surface area contributed by atoms with Crippen molar-refractivity contribution >= 4 is 11.6 Å². The van der Waals surface area contributed by atoms with Gasteiger partial charge in [-0.2, -0.15) is 13.2 Å². The van der Waals surface area contributed by atoms with Gasteiger partial charge in [-0.1, -0.05) is 24.3 Å². The van der Waals surface area contributed by atoms with Crippen LogP contribution in [0.25, 0.3) is 0 Å². The largest absolute Gasteiger partial charge is 0.416 e. The summed E-state index contributed by atoms with van der Waals surface area (Å²) in [5.74, 6) is -0.368. The molecule has 110 valence electrons. The average Bonchev–Trinajstić information content (AvgIpc) is 2.45. The van der Waals surface area contributed by atoms with Crippen LogP contribution in [0.15, 0.2) is 48.5 Å². The first-order valence-corrected chi connectivity index (χ1v) is 6.17. The molecule has 0 fully saturated rings. The molecule has 0 unspecified atom stereocenters. The van der Waals surface area contributed by atoms with Crippen LogP contribution in [0.4, 0.5) is 18.9 Å². The van der Waals surface area contributed by atoms with Crippen molar-refractivity contribution in [2.24, 2.45) is 0 Å². The fourth-order valence-electron chi connectivity index (χ4n) is 1.79. The van der Waals surface area contributed by atoms with Crippen molar-refractivity contribution in [3.8, 4) is 0 Å². The van der Waals surface area contributed by atoms with Crippen LogP contribution in [0.1, 0.15) is 21.5 Å². The molecule has 0 spiro atoms. The Labute approximate surface area is 119 Å². The Kier molecular flexibility index (Phi) is 4.16. The summed E-state index contributed by atoms with van der Waals surface area (Å²) in [7, 11) is 0. The number of amides is 1. The second-order valence-electron chi connectivity index (χ2n) is 4.46. The first-order chi connectivity index (χ1) is 9.88. The molecule has 0 aliphatic rings. The number of carbonyl (C=O) groups excluding carboxylic acids is 1. The highest BCUT2D eigenvalue weighted by molar-refractivity contribution is 5.98. The highest BCUT2D eigenvalue weighted by Crippen LogP contribution is 2.29. The van der Waals surface area contributed by atoms with Crippen LogP contribution in [0.3, 0.4) is 0 Å². The number of nitrogens with two attached hydrogens (primary N) is 1. The lowest BCUT2D eigenvalue weighted by atomic mass is 10.1. The van der Waals surface area contributed by atoms with Gasteiger partial charge in [0, 0.05) is 12.2 Å². The third-order valence-corrected chi connectivity index (χ3v) is 2.94. The number of alkyl halides is 3. The standard InChI is InChI=1S/C15H13F3N2O/c16-15(17,18)11-7-5-10(6-8-11)9-20-14(21)12-3-1-2-4-13(12)19/h1-8H,9,19H2,(H,20,21). The molecule has 0 aromatic heterocycles. The van der Waals surface area contributed by atoms with E-state index in [0.29, 0.717) is 16.8 Å². The summed E-state index contributed by atoms with van der Waals surface area (Å²) in [6, 6.07) is 11.2. The van der Waals surface area contributed by atoms with Gasteiger partial charge in [-0.05, 0) is 29.8 Å². The molecule has 0 radical (unpaired) electrons. The third kappa shape index (κ3) is 3.75. The second kappa shape index (κ2) is 5.87. The number of rotatable bonds is 3. The topological polar surface area (TPSA) is 55.1 Å². The van der Waals surface area contributed by atoms with E-state index in [-0.39, 0.29) is 12.5 Å². The van der Waals surface area contributed by atoms with E-state index in [4.69, 9.17) is 5.73 Å². The van der Waals surface area contributed by atoms with E-state index >= 15 is 0 Å². The van der Waals surface area contributed by atoms with Crippen molar-refractivity contribution < 1.29 is 18.0 Å². The fourth-order valence-corrected chi connectivity index (χ4v) is 1.79. The van der Waals surface area contributed by atoms with Crippen molar-refractivity contribution in [1.29, 1.82) is 0 Å². The van der Waals surface area contributed by atoms with E-state index < -0.39 is 11.7 Å². The molecular formula is C15H13F3N2O. The summed E-state index contributed by atoms with van der Waals surface area (Å²) in [5.41, 5.74) is 6.22. The number of anilines is 1. The van der Waals surface area contributed by atoms with Gasteiger partial charge in [-0.15, -0.1) is 0 Å². The minimum atomic E-state index is -4.36. The van der Waals surface area contributed by atoms with Crippen molar-refractivity contribution in [3.63, 3.8) is 0 Å². The molecule has 2 rings (SSSR count). The van der Waals surface area contributed by atoms with Crippen LogP contribution in [0, 0.1) is 0 Å². The van der Waals surface area contributed by atoms with Crippen molar-refractivity contribution in [3.05, 3.63) is 65.2 Å². The zero-order valence-corrected chi connectivity index (χ0v) is 10.9. The van der Waals surface area contributed by atoms with E-state index in [1.54, 1.807) is 24.3 Å². The molecule has 6 heteroatoms. The number of carbonyl (C=O) groups is 1. The number of nitrogen functional groups attached to an aromatic ring is 1. The normalized spacial score (nSPS) is 11.2. The lowest BCUT2D eigenvalue weighted by molar-refractivity contribution is -0.137. The molecule has 0 aliphatic carbocycles. The third-order valence-electron chi connectivity index (χ3n) is 2.94. The van der Waals surface area contributed by atoms with E-state index in [1.165, 1.54) is 12.1 Å². The Balaban J connectivity index is 2.00. The van der Waals surface area contributed by atoms with E-state index in [0.717, 1.165) is 12.1 Å². The molecule has 1 amide bonds. The predicted molar refractivity (Wildman–Crippen MR) is 73.5 cm³/mol. The highest BCUT2D eigenvalue weighted by atomic mass is 19.4. The molecule has 0 atom stereocenters. The minimum absolute atomic E-state index is 0.130. The molecule has 3 nitrogen and oxygen atoms in total. The molecule has 2 aromatic rings. The zero-order chi connectivity index (χ0) is 15.5. The summed E-state index contributed by atoms with van der Waals surface area (Å²) < 4.78 is 37.2. The number of benzene rings is 2. The van der Waals surface area contributed by atoms with Gasteiger partial charge >= 0.3 is 6.18 Å². The Morgan fingerprint density at radius 3 is 2.24 bits per heavy atom. The van der Waals surface area contributed by atoms with Gasteiger partial charge in [-0.25, -0.2) is 0 Å². The number of hydrogen-bond donors (Lipinski definition) is 2. The smallest absolute Gasteiger partial charge is 0.398 e. The molecule has 0 saturated carbocycles. The van der Waals surface area contributed by atoms with Gasteiger partial charge < -0.3 is 11.1 Å². The van der Waals surface area contributed by atoms with Crippen molar-refractivity contribution in [1.82, 2.24) is 5.32 Å². The number of halogens is 3. The zero-order valence-electron chi connectivity index (χ0n) is 10.9. The highest BCUT2D eigenvalue weighted by Gasteiger charge is 2.29. The lowest BCUT2D eigenvalue weighted by Gasteiger charge is -2.09. The maximum Gasteiger partial charge on any atom is 0.416 e. The monoisotopic (exact) mass is 294 g/mol. The van der Waals surface area contributed by atoms with Crippen LogP contribution < -0.4 is 11.1 Å². The molecule has 2 aromatic carbocycles. The fraction of sp³-hybridized carbons (Fsp3) is 0.133. The minimum Gasteiger partial charge on any atom is -0.398 e. The Morgan fingerprint density at radius 2 is 1.67 bits per heavy atom. The van der Waals surface area contributed by atoms with Crippen molar-refractivity contribution in [2.45, 2.75) is 12.7 Å². The van der Waals surface area contributed by atoms with Gasteiger partial charge in [0.25, 0.3) is 5.91 Å². The van der Waals surface area contributed by atoms with Gasteiger partial charge in [0.2, 0.25) is 0 Å². The second-order valence-corrected chi connectivity index (χ2v) is 4.46. The lowest BCUT2D eigenvalue weighted by Crippen LogP contribution is -2.23. The first-order valence-electron chi connectivity index (χ1n) is 6.17. The molecule has 0 bridgehead atoms. The number of para-hydroxylation sites is 1. The van der Waals surface area contributed by atoms with Gasteiger partial charge in [0.05, 0.1) is 11.1 Å². The summed E-state index contributed by atoms with van der Waals surface area (Å²) in [6.45, 7) is 0.130. The van der Waals surface area contributed by atoms with Crippen LogP contribution >= 0.6 is 0 Å². The van der Waals surface area contributed by atoms with Crippen LogP contribution in [0.2, 0.25) is 0 Å². The maximum absolute atomic E-state index is 12.4. The summed E-state index contributed by atoms with van der Waals surface area (Å²) in [4.78, 5) is 11.9. The maximum atomic E-state index is 12.4. The Hall–Kier alpha value is -2.50.